The molecule has 2 aromatic carbocycles. The van der Waals surface area contributed by atoms with E-state index in [1.807, 2.05) is 24.3 Å². The fourth-order valence-corrected chi connectivity index (χ4v) is 4.41. The van der Waals surface area contributed by atoms with E-state index in [0.717, 1.165) is 22.6 Å². The SMILES string of the molecule is CN1c2ccc(-c3ccco3)cc2Sc2cc(-c3ccco3)ccc21. The van der Waals surface area contributed by atoms with Crippen molar-refractivity contribution in [3.8, 4) is 22.6 Å². The zero-order chi connectivity index (χ0) is 16.8. The summed E-state index contributed by atoms with van der Waals surface area (Å²) >= 11 is 1.78. The predicted octanol–water partition coefficient (Wildman–Crippen LogP) is 6.44. The second kappa shape index (κ2) is 5.60. The maximum Gasteiger partial charge on any atom is 0.133 e. The van der Waals surface area contributed by atoms with Gasteiger partial charge in [0.05, 0.1) is 23.9 Å². The Balaban J connectivity index is 1.59. The number of rotatable bonds is 2. The van der Waals surface area contributed by atoms with Crippen molar-refractivity contribution in [2.75, 3.05) is 11.9 Å². The van der Waals surface area contributed by atoms with E-state index in [2.05, 4.69) is 48.3 Å². The van der Waals surface area contributed by atoms with Crippen molar-refractivity contribution in [1.82, 2.24) is 0 Å². The Bertz CT molecular complexity index is 952. The summed E-state index contributed by atoms with van der Waals surface area (Å²) in [7, 11) is 2.11. The molecule has 122 valence electrons. The molecular formula is C21H15NO2S. The maximum absolute atomic E-state index is 5.54. The third-order valence-corrected chi connectivity index (χ3v) is 5.57. The molecular weight excluding hydrogens is 330 g/mol. The number of benzene rings is 2. The van der Waals surface area contributed by atoms with Gasteiger partial charge in [-0.2, -0.15) is 0 Å². The summed E-state index contributed by atoms with van der Waals surface area (Å²) in [6.45, 7) is 0. The molecule has 4 aromatic rings. The van der Waals surface area contributed by atoms with Crippen LogP contribution in [0.3, 0.4) is 0 Å². The molecule has 0 spiro atoms. The van der Waals surface area contributed by atoms with Crippen LogP contribution in [0.25, 0.3) is 22.6 Å². The first-order valence-corrected chi connectivity index (χ1v) is 8.89. The first-order chi connectivity index (χ1) is 12.3. The minimum atomic E-state index is 0.890. The van der Waals surface area contributed by atoms with E-state index in [4.69, 9.17) is 8.83 Å². The summed E-state index contributed by atoms with van der Waals surface area (Å²) in [5.41, 5.74) is 4.60. The molecule has 0 unspecified atom stereocenters. The Morgan fingerprint density at radius 3 is 1.68 bits per heavy atom. The Kier molecular flexibility index (Phi) is 3.25. The largest absolute Gasteiger partial charge is 0.464 e. The molecule has 25 heavy (non-hydrogen) atoms. The van der Waals surface area contributed by atoms with Crippen molar-refractivity contribution in [3.63, 3.8) is 0 Å². The molecule has 1 aliphatic heterocycles. The average molecular weight is 345 g/mol. The van der Waals surface area contributed by atoms with Crippen LogP contribution in [0.4, 0.5) is 11.4 Å². The average Bonchev–Trinajstić information content (AvgIpc) is 3.35. The summed E-state index contributed by atoms with van der Waals surface area (Å²) < 4.78 is 11.1. The van der Waals surface area contributed by atoms with Crippen LogP contribution in [0.15, 0.2) is 91.8 Å². The van der Waals surface area contributed by atoms with E-state index in [1.165, 1.54) is 21.2 Å². The van der Waals surface area contributed by atoms with Gasteiger partial charge in [-0.3, -0.25) is 0 Å². The quantitative estimate of drug-likeness (QED) is 0.418. The van der Waals surface area contributed by atoms with Crippen LogP contribution in [-0.4, -0.2) is 7.05 Å². The van der Waals surface area contributed by atoms with Gasteiger partial charge in [0.2, 0.25) is 0 Å². The number of fused-ring (bicyclic) bond motifs is 2. The van der Waals surface area contributed by atoms with Gasteiger partial charge in [-0.05, 0) is 60.7 Å². The van der Waals surface area contributed by atoms with Crippen LogP contribution in [0.5, 0.6) is 0 Å². The summed E-state index contributed by atoms with van der Waals surface area (Å²) in [6, 6.07) is 20.7. The molecule has 0 bridgehead atoms. The van der Waals surface area contributed by atoms with Crippen molar-refractivity contribution in [2.45, 2.75) is 9.79 Å². The molecule has 4 heteroatoms. The highest BCUT2D eigenvalue weighted by Gasteiger charge is 2.22. The highest BCUT2D eigenvalue weighted by atomic mass is 32.2. The number of anilines is 2. The second-order valence-corrected chi connectivity index (χ2v) is 7.06. The van der Waals surface area contributed by atoms with E-state index >= 15 is 0 Å². The number of nitrogens with zero attached hydrogens (tertiary/aromatic N) is 1. The normalized spacial score (nSPS) is 12.8. The first kappa shape index (κ1) is 14.5. The van der Waals surface area contributed by atoms with Crippen LogP contribution in [0.2, 0.25) is 0 Å². The van der Waals surface area contributed by atoms with Gasteiger partial charge in [-0.15, -0.1) is 0 Å². The van der Waals surface area contributed by atoms with Crippen LogP contribution >= 0.6 is 11.8 Å². The highest BCUT2D eigenvalue weighted by molar-refractivity contribution is 7.99. The van der Waals surface area contributed by atoms with Gasteiger partial charge in [0.25, 0.3) is 0 Å². The monoisotopic (exact) mass is 345 g/mol. The maximum atomic E-state index is 5.54. The summed E-state index contributed by atoms with van der Waals surface area (Å²) in [4.78, 5) is 4.68. The minimum Gasteiger partial charge on any atom is -0.464 e. The molecule has 0 fully saturated rings. The Hall–Kier alpha value is -2.85. The molecule has 0 saturated heterocycles. The van der Waals surface area contributed by atoms with Gasteiger partial charge in [-0.25, -0.2) is 0 Å². The van der Waals surface area contributed by atoms with Crippen LogP contribution in [-0.2, 0) is 0 Å². The molecule has 0 saturated carbocycles. The van der Waals surface area contributed by atoms with E-state index in [1.54, 1.807) is 24.3 Å². The van der Waals surface area contributed by atoms with Crippen molar-refractivity contribution in [3.05, 3.63) is 73.2 Å². The third-order valence-electron chi connectivity index (χ3n) is 4.47. The van der Waals surface area contributed by atoms with Crippen molar-refractivity contribution in [2.24, 2.45) is 0 Å². The van der Waals surface area contributed by atoms with Gasteiger partial charge in [0.1, 0.15) is 11.5 Å². The summed E-state index contributed by atoms with van der Waals surface area (Å²) in [5, 5.41) is 0. The zero-order valence-electron chi connectivity index (χ0n) is 13.6. The minimum absolute atomic E-state index is 0.890. The highest BCUT2D eigenvalue weighted by Crippen LogP contribution is 2.49. The Labute approximate surface area is 149 Å². The third kappa shape index (κ3) is 2.37. The lowest BCUT2D eigenvalue weighted by Gasteiger charge is -2.30. The fourth-order valence-electron chi connectivity index (χ4n) is 3.19. The lowest BCUT2D eigenvalue weighted by Crippen LogP contribution is -2.14. The molecule has 3 heterocycles. The van der Waals surface area contributed by atoms with E-state index in [9.17, 15) is 0 Å². The van der Waals surface area contributed by atoms with Gasteiger partial charge in [0.15, 0.2) is 0 Å². The smallest absolute Gasteiger partial charge is 0.133 e. The van der Waals surface area contributed by atoms with Crippen LogP contribution in [0, 0.1) is 0 Å². The van der Waals surface area contributed by atoms with Gasteiger partial charge in [0, 0.05) is 28.0 Å². The number of hydrogen-bond donors (Lipinski definition) is 0. The lowest BCUT2D eigenvalue weighted by atomic mass is 10.1. The van der Waals surface area contributed by atoms with Gasteiger partial charge in [-0.1, -0.05) is 11.8 Å². The van der Waals surface area contributed by atoms with E-state index in [-0.39, 0.29) is 0 Å². The summed E-state index contributed by atoms with van der Waals surface area (Å²) in [6.07, 6.45) is 3.41. The topological polar surface area (TPSA) is 29.5 Å². The molecule has 0 radical (unpaired) electrons. The van der Waals surface area contributed by atoms with E-state index < -0.39 is 0 Å². The first-order valence-electron chi connectivity index (χ1n) is 8.07. The standard InChI is InChI=1S/C21H15NO2S/c1-22-16-8-6-14(18-4-2-10-23-18)12-20(16)25-21-13-15(7-9-17(21)22)19-5-3-11-24-19/h2-13H,1H3. The van der Waals surface area contributed by atoms with Crippen molar-refractivity contribution in [1.29, 1.82) is 0 Å². The molecule has 5 rings (SSSR count). The number of furan rings is 2. The Morgan fingerprint density at radius 2 is 1.24 bits per heavy atom. The molecule has 0 N–H and O–H groups in total. The Morgan fingerprint density at radius 1 is 0.720 bits per heavy atom. The molecule has 2 aromatic heterocycles. The van der Waals surface area contributed by atoms with Gasteiger partial charge >= 0.3 is 0 Å². The van der Waals surface area contributed by atoms with Crippen molar-refractivity contribution >= 4 is 23.1 Å². The summed E-state index contributed by atoms with van der Waals surface area (Å²) in [5.74, 6) is 1.78. The lowest BCUT2D eigenvalue weighted by molar-refractivity contribution is 0.582. The van der Waals surface area contributed by atoms with Crippen LogP contribution in [0.1, 0.15) is 0 Å². The second-order valence-electron chi connectivity index (χ2n) is 5.98. The fraction of sp³-hybridized carbons (Fsp3) is 0.0476. The van der Waals surface area contributed by atoms with Crippen LogP contribution < -0.4 is 4.90 Å². The van der Waals surface area contributed by atoms with Crippen molar-refractivity contribution < 1.29 is 8.83 Å². The van der Waals surface area contributed by atoms with E-state index in [0.29, 0.717) is 0 Å². The molecule has 0 atom stereocenters. The zero-order valence-corrected chi connectivity index (χ0v) is 14.4. The molecule has 0 aliphatic carbocycles. The molecule has 1 aliphatic rings. The molecule has 3 nitrogen and oxygen atoms in total. The number of hydrogen-bond acceptors (Lipinski definition) is 4. The predicted molar refractivity (Wildman–Crippen MR) is 100 cm³/mol. The molecule has 0 amide bonds. The van der Waals surface area contributed by atoms with Gasteiger partial charge < -0.3 is 13.7 Å².